The zero-order valence-corrected chi connectivity index (χ0v) is 14.5. The number of anilines is 1. The lowest BCUT2D eigenvalue weighted by atomic mass is 10.1. The lowest BCUT2D eigenvalue weighted by Gasteiger charge is -2.05. The molecule has 0 unspecified atom stereocenters. The van der Waals surface area contributed by atoms with E-state index in [1.165, 1.54) is 0 Å². The molecule has 0 saturated heterocycles. The maximum Gasteiger partial charge on any atom is 0.230 e. The molecular weight excluding hydrogens is 338 g/mol. The second-order valence-corrected chi connectivity index (χ2v) is 6.06. The first-order valence-corrected chi connectivity index (χ1v) is 8.60. The first-order valence-electron chi connectivity index (χ1n) is 8.60. The maximum atomic E-state index is 12.4. The Morgan fingerprint density at radius 2 is 1.89 bits per heavy atom. The van der Waals surface area contributed by atoms with E-state index in [1.807, 2.05) is 78.9 Å². The van der Waals surface area contributed by atoms with Crippen LogP contribution in [-0.2, 0) is 11.2 Å². The first-order chi connectivity index (χ1) is 13.3. The van der Waals surface area contributed by atoms with E-state index in [2.05, 4.69) is 15.5 Å². The second-order valence-electron chi connectivity index (χ2n) is 6.06. The van der Waals surface area contributed by atoms with E-state index in [0.717, 1.165) is 22.3 Å². The van der Waals surface area contributed by atoms with Crippen molar-refractivity contribution in [2.24, 2.45) is 0 Å². The van der Waals surface area contributed by atoms with Gasteiger partial charge in [-0.15, -0.1) is 0 Å². The van der Waals surface area contributed by atoms with Gasteiger partial charge in [0, 0.05) is 17.3 Å². The molecule has 132 valence electrons. The van der Waals surface area contributed by atoms with E-state index in [4.69, 9.17) is 4.52 Å². The fraction of sp³-hybridized carbons (Fsp3) is 0.0455. The minimum atomic E-state index is -0.139. The van der Waals surface area contributed by atoms with Gasteiger partial charge in [0.1, 0.15) is 5.69 Å². The Kier molecular flexibility index (Phi) is 4.74. The normalized spacial score (nSPS) is 11.1. The molecule has 2 aromatic heterocycles. The van der Waals surface area contributed by atoms with Crippen molar-refractivity contribution in [3.05, 3.63) is 89.9 Å². The van der Waals surface area contributed by atoms with Crippen LogP contribution in [0.25, 0.3) is 23.1 Å². The van der Waals surface area contributed by atoms with Crippen molar-refractivity contribution >= 4 is 34.7 Å². The predicted octanol–water partition coefficient (Wildman–Crippen LogP) is 4.57. The van der Waals surface area contributed by atoms with Gasteiger partial charge in [-0.1, -0.05) is 41.6 Å². The molecule has 5 heteroatoms. The third kappa shape index (κ3) is 4.10. The molecule has 0 atom stereocenters. The quantitative estimate of drug-likeness (QED) is 0.569. The SMILES string of the molecule is O=C(Cc1noc2ccccc12)Nc1cccc(/C=C/c2ccccn2)c1. The van der Waals surface area contributed by atoms with Crippen LogP contribution in [0, 0.1) is 0 Å². The van der Waals surface area contributed by atoms with Gasteiger partial charge in [-0.25, -0.2) is 0 Å². The van der Waals surface area contributed by atoms with Crippen LogP contribution in [0.15, 0.2) is 77.4 Å². The summed E-state index contributed by atoms with van der Waals surface area (Å²) in [6.07, 6.45) is 5.81. The molecule has 5 nitrogen and oxygen atoms in total. The molecule has 2 aromatic carbocycles. The molecule has 27 heavy (non-hydrogen) atoms. The highest BCUT2D eigenvalue weighted by Crippen LogP contribution is 2.19. The van der Waals surface area contributed by atoms with Crippen LogP contribution in [0.4, 0.5) is 5.69 Å². The highest BCUT2D eigenvalue weighted by atomic mass is 16.5. The Morgan fingerprint density at radius 1 is 1.00 bits per heavy atom. The Morgan fingerprint density at radius 3 is 2.78 bits per heavy atom. The van der Waals surface area contributed by atoms with E-state index >= 15 is 0 Å². The molecule has 0 fully saturated rings. The number of carbonyl (C=O) groups is 1. The number of pyridine rings is 1. The molecule has 0 aliphatic heterocycles. The molecule has 0 aliphatic carbocycles. The topological polar surface area (TPSA) is 68.0 Å². The van der Waals surface area contributed by atoms with Crippen molar-refractivity contribution in [2.45, 2.75) is 6.42 Å². The maximum absolute atomic E-state index is 12.4. The van der Waals surface area contributed by atoms with Crippen LogP contribution in [0.1, 0.15) is 17.0 Å². The van der Waals surface area contributed by atoms with Gasteiger partial charge in [-0.05, 0) is 48.0 Å². The lowest BCUT2D eigenvalue weighted by Crippen LogP contribution is -2.14. The number of benzene rings is 2. The number of fused-ring (bicyclic) bond motifs is 1. The van der Waals surface area contributed by atoms with Gasteiger partial charge < -0.3 is 9.84 Å². The van der Waals surface area contributed by atoms with Crippen LogP contribution in [0.3, 0.4) is 0 Å². The third-order valence-corrected chi connectivity index (χ3v) is 4.08. The average molecular weight is 355 g/mol. The van der Waals surface area contributed by atoms with Gasteiger partial charge in [0.2, 0.25) is 5.91 Å². The fourth-order valence-corrected chi connectivity index (χ4v) is 2.80. The number of nitrogens with one attached hydrogen (secondary N) is 1. The highest BCUT2D eigenvalue weighted by molar-refractivity contribution is 5.95. The van der Waals surface area contributed by atoms with E-state index in [1.54, 1.807) is 6.20 Å². The third-order valence-electron chi connectivity index (χ3n) is 4.08. The molecule has 4 rings (SSSR count). The molecular formula is C22H17N3O2. The molecule has 1 amide bonds. The second kappa shape index (κ2) is 7.66. The molecule has 4 aromatic rings. The molecule has 0 spiro atoms. The summed E-state index contributed by atoms with van der Waals surface area (Å²) in [5.74, 6) is -0.139. The van der Waals surface area contributed by atoms with Crippen molar-refractivity contribution in [3.63, 3.8) is 0 Å². The van der Waals surface area contributed by atoms with E-state index in [9.17, 15) is 4.79 Å². The fourth-order valence-electron chi connectivity index (χ4n) is 2.80. The Bertz CT molecular complexity index is 1100. The Balaban J connectivity index is 1.45. The predicted molar refractivity (Wildman–Crippen MR) is 106 cm³/mol. The van der Waals surface area contributed by atoms with E-state index in [-0.39, 0.29) is 12.3 Å². The Hall–Kier alpha value is -3.73. The van der Waals surface area contributed by atoms with Crippen LogP contribution < -0.4 is 5.32 Å². The highest BCUT2D eigenvalue weighted by Gasteiger charge is 2.12. The number of hydrogen-bond donors (Lipinski definition) is 1. The van der Waals surface area contributed by atoms with Crippen molar-refractivity contribution in [1.82, 2.24) is 10.1 Å². The summed E-state index contributed by atoms with van der Waals surface area (Å²) in [6, 6.07) is 20.9. The number of rotatable bonds is 5. The number of carbonyl (C=O) groups excluding carboxylic acids is 1. The monoisotopic (exact) mass is 355 g/mol. The van der Waals surface area contributed by atoms with Crippen molar-refractivity contribution in [2.75, 3.05) is 5.32 Å². The molecule has 0 bridgehead atoms. The summed E-state index contributed by atoms with van der Waals surface area (Å²) in [4.78, 5) is 16.7. The first kappa shape index (κ1) is 16.7. The number of amides is 1. The number of hydrogen-bond acceptors (Lipinski definition) is 4. The summed E-state index contributed by atoms with van der Waals surface area (Å²) in [7, 11) is 0. The zero-order chi connectivity index (χ0) is 18.5. The van der Waals surface area contributed by atoms with Crippen molar-refractivity contribution < 1.29 is 9.32 Å². The largest absolute Gasteiger partial charge is 0.356 e. The van der Waals surface area contributed by atoms with Gasteiger partial charge in [0.15, 0.2) is 5.58 Å². The number of nitrogens with zero attached hydrogens (tertiary/aromatic N) is 2. The summed E-state index contributed by atoms with van der Waals surface area (Å²) in [5.41, 5.74) is 3.91. The molecule has 2 heterocycles. The lowest BCUT2D eigenvalue weighted by molar-refractivity contribution is -0.115. The van der Waals surface area contributed by atoms with Crippen molar-refractivity contribution in [3.8, 4) is 0 Å². The molecule has 1 N–H and O–H groups in total. The standard InChI is InChI=1S/C22H17N3O2/c26-22(15-20-19-9-1-2-10-21(19)27-25-20)24-18-8-5-6-16(14-18)11-12-17-7-3-4-13-23-17/h1-14H,15H2,(H,24,26)/b12-11+. The number of aromatic nitrogens is 2. The average Bonchev–Trinajstić information content (AvgIpc) is 3.10. The van der Waals surface area contributed by atoms with Crippen LogP contribution in [0.2, 0.25) is 0 Å². The van der Waals surface area contributed by atoms with E-state index in [0.29, 0.717) is 11.3 Å². The van der Waals surface area contributed by atoms with Gasteiger partial charge >= 0.3 is 0 Å². The van der Waals surface area contributed by atoms with Gasteiger partial charge in [0.25, 0.3) is 0 Å². The smallest absolute Gasteiger partial charge is 0.230 e. The Labute approximate surface area is 156 Å². The number of para-hydroxylation sites is 1. The summed E-state index contributed by atoms with van der Waals surface area (Å²) < 4.78 is 5.25. The van der Waals surface area contributed by atoms with Crippen LogP contribution in [0.5, 0.6) is 0 Å². The van der Waals surface area contributed by atoms with Crippen LogP contribution in [-0.4, -0.2) is 16.0 Å². The summed E-state index contributed by atoms with van der Waals surface area (Å²) in [6.45, 7) is 0. The minimum absolute atomic E-state index is 0.139. The van der Waals surface area contributed by atoms with Gasteiger partial charge in [-0.2, -0.15) is 0 Å². The molecule has 0 saturated carbocycles. The summed E-state index contributed by atoms with van der Waals surface area (Å²) >= 11 is 0. The van der Waals surface area contributed by atoms with E-state index < -0.39 is 0 Å². The van der Waals surface area contributed by atoms with Gasteiger partial charge in [-0.3, -0.25) is 9.78 Å². The summed E-state index contributed by atoms with van der Waals surface area (Å²) in [5, 5.41) is 7.78. The van der Waals surface area contributed by atoms with Gasteiger partial charge in [0.05, 0.1) is 12.1 Å². The van der Waals surface area contributed by atoms with Crippen molar-refractivity contribution in [1.29, 1.82) is 0 Å². The molecule has 0 radical (unpaired) electrons. The zero-order valence-electron chi connectivity index (χ0n) is 14.5. The molecule has 0 aliphatic rings. The van der Waals surface area contributed by atoms with Crippen LogP contribution >= 0.6 is 0 Å². The minimum Gasteiger partial charge on any atom is -0.356 e.